The Kier molecular flexibility index (Phi) is 51.5. The fourth-order valence-electron chi connectivity index (χ4n) is 7.11. The Balaban J connectivity index is 4.34. The van der Waals surface area contributed by atoms with Gasteiger partial charge >= 0.3 is 11.9 Å². The van der Waals surface area contributed by atoms with Crippen LogP contribution in [0, 0.1) is 0 Å². The van der Waals surface area contributed by atoms with Gasteiger partial charge in [0.05, 0.1) is 6.61 Å². The predicted molar refractivity (Wildman–Crippen MR) is 279 cm³/mol. The van der Waals surface area contributed by atoms with Crippen molar-refractivity contribution in [1.82, 2.24) is 0 Å². The first-order valence-electron chi connectivity index (χ1n) is 26.8. The third-order valence-electron chi connectivity index (χ3n) is 11.1. The first-order valence-corrected chi connectivity index (χ1v) is 26.8. The quantitative estimate of drug-likeness (QED) is 0.0346. The summed E-state index contributed by atoms with van der Waals surface area (Å²) in [6.45, 7) is 7.56. The maximum Gasteiger partial charge on any atom is 0.306 e. The molecular weight excluding hydrogens is 789 g/mol. The highest BCUT2D eigenvalue weighted by Crippen LogP contribution is 2.13. The van der Waals surface area contributed by atoms with Crippen molar-refractivity contribution in [3.63, 3.8) is 0 Å². The molecule has 0 aliphatic carbocycles. The molecule has 0 aromatic heterocycles. The first-order chi connectivity index (χ1) is 31.6. The molecule has 0 aliphatic rings. The van der Waals surface area contributed by atoms with E-state index in [2.05, 4.69) is 112 Å². The van der Waals surface area contributed by atoms with E-state index in [1.807, 2.05) is 6.08 Å². The van der Waals surface area contributed by atoms with E-state index < -0.39 is 6.10 Å². The summed E-state index contributed by atoms with van der Waals surface area (Å²) in [7, 11) is 0. The average Bonchev–Trinajstić information content (AvgIpc) is 3.30. The molecule has 1 atom stereocenters. The van der Waals surface area contributed by atoms with Crippen molar-refractivity contribution in [3.05, 3.63) is 97.2 Å². The van der Waals surface area contributed by atoms with Crippen LogP contribution >= 0.6 is 0 Å². The highest BCUT2D eigenvalue weighted by atomic mass is 16.6. The zero-order valence-electron chi connectivity index (χ0n) is 42.0. The van der Waals surface area contributed by atoms with E-state index in [1.165, 1.54) is 122 Å². The second-order valence-corrected chi connectivity index (χ2v) is 17.4. The minimum Gasteiger partial charge on any atom is -0.462 e. The van der Waals surface area contributed by atoms with Crippen LogP contribution in [0.25, 0.3) is 0 Å². The summed E-state index contributed by atoms with van der Waals surface area (Å²) in [6, 6.07) is 0. The molecule has 5 nitrogen and oxygen atoms in total. The number of unbranched alkanes of at least 4 members (excludes halogenated alkanes) is 21. The molecule has 0 saturated carbocycles. The molecule has 0 saturated heterocycles. The number of hydrogen-bond acceptors (Lipinski definition) is 5. The molecule has 5 heteroatoms. The monoisotopic (exact) mass is 889 g/mol. The van der Waals surface area contributed by atoms with Crippen molar-refractivity contribution in [1.29, 1.82) is 0 Å². The fraction of sp³-hybridized carbons (Fsp3) is 0.695. The predicted octanol–water partition coefficient (Wildman–Crippen LogP) is 18.2. The van der Waals surface area contributed by atoms with Gasteiger partial charge in [0.25, 0.3) is 0 Å². The largest absolute Gasteiger partial charge is 0.462 e. The molecule has 1 unspecified atom stereocenters. The SMILES string of the molecule is CC/C=C\C/C=C\C/C=C\C/C=C\CCC(=O)OC(COCCCCCCCCCCCC/C=C\C/C=C\CCCCC)COC(=O)CCCCCCC/C=C\C/C=C\CCCCC. The lowest BCUT2D eigenvalue weighted by atomic mass is 10.1. The molecule has 0 spiro atoms. The maximum absolute atomic E-state index is 12.8. The molecule has 64 heavy (non-hydrogen) atoms. The zero-order chi connectivity index (χ0) is 46.3. The van der Waals surface area contributed by atoms with Crippen molar-refractivity contribution in [3.8, 4) is 0 Å². The highest BCUT2D eigenvalue weighted by Gasteiger charge is 2.17. The van der Waals surface area contributed by atoms with Gasteiger partial charge in [0.1, 0.15) is 6.61 Å². The molecule has 366 valence electrons. The van der Waals surface area contributed by atoms with E-state index in [0.29, 0.717) is 25.9 Å². The Morgan fingerprint density at radius 3 is 1.19 bits per heavy atom. The van der Waals surface area contributed by atoms with Crippen LogP contribution in [-0.2, 0) is 23.8 Å². The van der Waals surface area contributed by atoms with Gasteiger partial charge in [0, 0.05) is 19.4 Å². The van der Waals surface area contributed by atoms with Crippen molar-refractivity contribution in [2.75, 3.05) is 19.8 Å². The van der Waals surface area contributed by atoms with E-state index in [9.17, 15) is 9.59 Å². The molecule has 0 amide bonds. The Morgan fingerprint density at radius 2 is 0.734 bits per heavy atom. The van der Waals surface area contributed by atoms with Gasteiger partial charge in [0.15, 0.2) is 6.10 Å². The van der Waals surface area contributed by atoms with Crippen LogP contribution in [0.2, 0.25) is 0 Å². The van der Waals surface area contributed by atoms with Crippen LogP contribution in [0.4, 0.5) is 0 Å². The Hall–Kier alpha value is -3.18. The van der Waals surface area contributed by atoms with Crippen molar-refractivity contribution in [2.45, 2.75) is 245 Å². The lowest BCUT2D eigenvalue weighted by molar-refractivity contribution is -0.162. The smallest absolute Gasteiger partial charge is 0.306 e. The molecule has 0 radical (unpaired) electrons. The van der Waals surface area contributed by atoms with E-state index in [1.54, 1.807) is 0 Å². The summed E-state index contributed by atoms with van der Waals surface area (Å²) in [5, 5.41) is 0. The fourth-order valence-corrected chi connectivity index (χ4v) is 7.11. The zero-order valence-corrected chi connectivity index (χ0v) is 42.0. The summed E-state index contributed by atoms with van der Waals surface area (Å²) >= 11 is 0. The molecule has 0 rings (SSSR count). The number of esters is 2. The molecule has 0 aromatic rings. The molecule has 0 heterocycles. The topological polar surface area (TPSA) is 61.8 Å². The van der Waals surface area contributed by atoms with Gasteiger partial charge in [-0.2, -0.15) is 0 Å². The molecule has 0 aliphatic heterocycles. The van der Waals surface area contributed by atoms with Gasteiger partial charge in [-0.15, -0.1) is 0 Å². The molecular formula is C59H100O5. The number of carbonyl (C=O) groups excluding carboxylic acids is 2. The summed E-state index contributed by atoms with van der Waals surface area (Å²) in [5.74, 6) is -0.509. The van der Waals surface area contributed by atoms with Gasteiger partial charge in [-0.05, 0) is 109 Å². The van der Waals surface area contributed by atoms with Crippen molar-refractivity contribution < 1.29 is 23.8 Å². The van der Waals surface area contributed by atoms with Gasteiger partial charge in [0.2, 0.25) is 0 Å². The first kappa shape index (κ1) is 60.8. The third-order valence-corrected chi connectivity index (χ3v) is 11.1. The number of allylic oxidation sites excluding steroid dienone is 16. The molecule has 0 bridgehead atoms. The van der Waals surface area contributed by atoms with Crippen molar-refractivity contribution >= 4 is 11.9 Å². The van der Waals surface area contributed by atoms with Crippen LogP contribution in [0.3, 0.4) is 0 Å². The van der Waals surface area contributed by atoms with Gasteiger partial charge in [-0.25, -0.2) is 0 Å². The standard InChI is InChI=1S/C59H100O5/c1-4-7-10-13-16-19-22-25-27-28-29-30-31-33-36-39-42-45-48-51-54-62-55-57(64-59(61)53-50-47-44-41-38-34-24-21-18-15-12-9-6-3)56-63-58(60)52-49-46-43-40-37-35-32-26-23-20-17-14-11-8-5-2/h9,12,16-21,25-27,32,34,38,44,47,57H,4-8,10-11,13-15,22-24,28-31,33,35-37,39-43,45-46,48-56H2,1-3H3/b12-9-,19-16-,20-17-,21-18-,27-25-,32-26-,38-34-,47-44-. The van der Waals surface area contributed by atoms with Crippen LogP contribution in [0.5, 0.6) is 0 Å². The second kappa shape index (κ2) is 54.2. The minimum absolute atomic E-state index is 0.0440. The summed E-state index contributed by atoms with van der Waals surface area (Å²) < 4.78 is 17.3. The average molecular weight is 889 g/mol. The van der Waals surface area contributed by atoms with E-state index in [-0.39, 0.29) is 25.2 Å². The Morgan fingerprint density at radius 1 is 0.359 bits per heavy atom. The van der Waals surface area contributed by atoms with Crippen molar-refractivity contribution in [2.24, 2.45) is 0 Å². The number of rotatable bonds is 48. The van der Waals surface area contributed by atoms with Crippen LogP contribution < -0.4 is 0 Å². The lowest BCUT2D eigenvalue weighted by Gasteiger charge is -2.18. The van der Waals surface area contributed by atoms with E-state index in [0.717, 1.165) is 77.0 Å². The number of hydrogen-bond donors (Lipinski definition) is 0. The number of carbonyl (C=O) groups is 2. The Bertz CT molecular complexity index is 1230. The maximum atomic E-state index is 12.8. The molecule has 0 fully saturated rings. The van der Waals surface area contributed by atoms with Gasteiger partial charge in [-0.1, -0.05) is 214 Å². The van der Waals surface area contributed by atoms with E-state index in [4.69, 9.17) is 14.2 Å². The lowest BCUT2D eigenvalue weighted by Crippen LogP contribution is -2.30. The highest BCUT2D eigenvalue weighted by molar-refractivity contribution is 5.70. The van der Waals surface area contributed by atoms with E-state index >= 15 is 0 Å². The molecule has 0 aromatic carbocycles. The second-order valence-electron chi connectivity index (χ2n) is 17.4. The molecule has 0 N–H and O–H groups in total. The van der Waals surface area contributed by atoms with Gasteiger partial charge in [-0.3, -0.25) is 9.59 Å². The summed E-state index contributed by atoms with van der Waals surface area (Å²) in [6.07, 6.45) is 72.9. The summed E-state index contributed by atoms with van der Waals surface area (Å²) in [5.41, 5.74) is 0. The van der Waals surface area contributed by atoms with Gasteiger partial charge < -0.3 is 14.2 Å². The third kappa shape index (κ3) is 51.5. The normalized spacial score (nSPS) is 13.0. The van der Waals surface area contributed by atoms with Crippen LogP contribution in [-0.4, -0.2) is 37.9 Å². The number of ether oxygens (including phenoxy) is 3. The van der Waals surface area contributed by atoms with Crippen LogP contribution in [0.1, 0.15) is 239 Å². The Labute approximate surface area is 396 Å². The van der Waals surface area contributed by atoms with Crippen LogP contribution in [0.15, 0.2) is 97.2 Å². The summed E-state index contributed by atoms with van der Waals surface area (Å²) in [4.78, 5) is 25.4. The minimum atomic E-state index is -0.586.